The maximum atomic E-state index is 12.8. The molecule has 1 aromatic heterocycles. The third kappa shape index (κ3) is 8.77. The largest absolute Gasteiger partial charge is 0.489 e. The maximum Gasteiger partial charge on any atom is 0.326 e. The molecule has 9 nitrogen and oxygen atoms in total. The van der Waals surface area contributed by atoms with Crippen molar-refractivity contribution in [1.29, 1.82) is 0 Å². The number of nitrogens with one attached hydrogen (secondary N) is 2. The van der Waals surface area contributed by atoms with Gasteiger partial charge in [-0.05, 0) is 65.2 Å². The van der Waals surface area contributed by atoms with Crippen LogP contribution < -0.4 is 20.1 Å². The number of hydrogen-bond donors (Lipinski definition) is 3. The van der Waals surface area contributed by atoms with Gasteiger partial charge in [0, 0.05) is 23.7 Å². The number of amides is 2. The lowest BCUT2D eigenvalue weighted by Gasteiger charge is -2.15. The summed E-state index contributed by atoms with van der Waals surface area (Å²) in [6.45, 7) is 0.152. The van der Waals surface area contributed by atoms with Crippen LogP contribution in [0.5, 0.6) is 11.5 Å². The van der Waals surface area contributed by atoms with Gasteiger partial charge in [0.1, 0.15) is 30.0 Å². The van der Waals surface area contributed by atoms with E-state index in [9.17, 15) is 19.5 Å². The second-order valence-electron chi connectivity index (χ2n) is 10.1. The van der Waals surface area contributed by atoms with Gasteiger partial charge in [0.2, 0.25) is 0 Å². The van der Waals surface area contributed by atoms with Gasteiger partial charge in [0.15, 0.2) is 6.61 Å². The normalized spacial score (nSPS) is 11.2. The van der Waals surface area contributed by atoms with Crippen LogP contribution in [0.4, 0.5) is 5.82 Å². The van der Waals surface area contributed by atoms with Crippen LogP contribution >= 0.6 is 0 Å². The highest BCUT2D eigenvalue weighted by atomic mass is 16.5. The van der Waals surface area contributed by atoms with Crippen LogP contribution in [0, 0.1) is 0 Å². The number of carbonyl (C=O) groups excluding carboxylic acids is 2. The first-order valence-electron chi connectivity index (χ1n) is 14.3. The van der Waals surface area contributed by atoms with Gasteiger partial charge >= 0.3 is 5.97 Å². The number of nitrogens with zero attached hydrogens (tertiary/aromatic N) is 1. The van der Waals surface area contributed by atoms with Crippen molar-refractivity contribution in [3.05, 3.63) is 144 Å². The molecule has 4 aromatic carbocycles. The average Bonchev–Trinajstić information content (AvgIpc) is 3.08. The molecule has 0 aliphatic rings. The quantitative estimate of drug-likeness (QED) is 0.156. The first-order chi connectivity index (χ1) is 21.9. The molecule has 2 amide bonds. The third-order valence-electron chi connectivity index (χ3n) is 6.85. The van der Waals surface area contributed by atoms with Crippen LogP contribution in [0.15, 0.2) is 128 Å². The molecule has 1 atom stereocenters. The Bertz CT molecular complexity index is 1730. The molecule has 226 valence electrons. The van der Waals surface area contributed by atoms with Crippen LogP contribution in [-0.2, 0) is 22.6 Å². The number of benzene rings is 4. The Morgan fingerprint density at radius 3 is 2.04 bits per heavy atom. The Morgan fingerprint density at radius 2 is 1.36 bits per heavy atom. The second kappa shape index (κ2) is 15.0. The number of carboxylic acid groups (broad SMARTS) is 1. The fourth-order valence-electron chi connectivity index (χ4n) is 4.52. The minimum atomic E-state index is -1.15. The van der Waals surface area contributed by atoms with Crippen molar-refractivity contribution in [2.45, 2.75) is 19.1 Å². The lowest BCUT2D eigenvalue weighted by atomic mass is 10.1. The van der Waals surface area contributed by atoms with E-state index in [-0.39, 0.29) is 18.6 Å². The maximum absolute atomic E-state index is 12.8. The highest BCUT2D eigenvalue weighted by Gasteiger charge is 2.21. The minimum absolute atomic E-state index is 0.0958. The van der Waals surface area contributed by atoms with E-state index in [4.69, 9.17) is 9.47 Å². The standard InChI is InChI=1S/C36H31N3O6/c40-33(39-34-31(12-7-21-37-34)27-10-5-2-6-11-27)24-45-30-19-15-28(16-20-30)35(41)38-32(36(42)43)22-25-13-17-29(18-14-25)44-23-26-8-3-1-4-9-26/h1-21,32H,22-24H2,(H,38,41)(H,42,43)(H,37,39,40). The predicted molar refractivity (Wildman–Crippen MR) is 170 cm³/mol. The zero-order valence-electron chi connectivity index (χ0n) is 24.3. The molecule has 0 spiro atoms. The molecule has 1 heterocycles. The van der Waals surface area contributed by atoms with E-state index in [0.29, 0.717) is 23.9 Å². The molecular weight excluding hydrogens is 570 g/mol. The van der Waals surface area contributed by atoms with Crippen LogP contribution in [0.25, 0.3) is 11.1 Å². The van der Waals surface area contributed by atoms with Gasteiger partial charge in [0.25, 0.3) is 11.8 Å². The summed E-state index contributed by atoms with van der Waals surface area (Å²) in [7, 11) is 0. The van der Waals surface area contributed by atoms with Crippen molar-refractivity contribution in [3.63, 3.8) is 0 Å². The van der Waals surface area contributed by atoms with E-state index in [2.05, 4.69) is 15.6 Å². The molecule has 0 saturated heterocycles. The summed E-state index contributed by atoms with van der Waals surface area (Å²) < 4.78 is 11.4. The summed E-state index contributed by atoms with van der Waals surface area (Å²) in [6, 6.07) is 35.1. The molecule has 0 aliphatic heterocycles. The third-order valence-corrected chi connectivity index (χ3v) is 6.85. The topological polar surface area (TPSA) is 127 Å². The first-order valence-corrected chi connectivity index (χ1v) is 14.3. The van der Waals surface area contributed by atoms with Crippen molar-refractivity contribution in [2.24, 2.45) is 0 Å². The number of carboxylic acids is 1. The molecule has 0 bridgehead atoms. The number of hydrogen-bond acceptors (Lipinski definition) is 6. The van der Waals surface area contributed by atoms with Gasteiger partial charge in [-0.2, -0.15) is 0 Å². The average molecular weight is 602 g/mol. The molecule has 0 radical (unpaired) electrons. The second-order valence-corrected chi connectivity index (χ2v) is 10.1. The molecule has 0 fully saturated rings. The summed E-state index contributed by atoms with van der Waals surface area (Å²) in [5.41, 5.74) is 3.73. The smallest absolute Gasteiger partial charge is 0.326 e. The Kier molecular flexibility index (Phi) is 10.1. The minimum Gasteiger partial charge on any atom is -0.489 e. The summed E-state index contributed by atoms with van der Waals surface area (Å²) in [5, 5.41) is 15.1. The number of rotatable bonds is 13. The number of ether oxygens (including phenoxy) is 2. The summed E-state index contributed by atoms with van der Waals surface area (Å²) in [4.78, 5) is 41.7. The Hall–Kier alpha value is -5.96. The van der Waals surface area contributed by atoms with Gasteiger partial charge in [-0.15, -0.1) is 0 Å². The highest BCUT2D eigenvalue weighted by molar-refractivity contribution is 5.97. The van der Waals surface area contributed by atoms with E-state index in [1.54, 1.807) is 48.7 Å². The van der Waals surface area contributed by atoms with Crippen molar-refractivity contribution in [1.82, 2.24) is 10.3 Å². The number of aliphatic carboxylic acids is 1. The molecular formula is C36H31N3O6. The van der Waals surface area contributed by atoms with Crippen molar-refractivity contribution >= 4 is 23.6 Å². The van der Waals surface area contributed by atoms with E-state index in [1.165, 1.54) is 12.1 Å². The molecule has 9 heteroatoms. The molecule has 5 rings (SSSR count). The van der Waals surface area contributed by atoms with Crippen LogP contribution in [-0.4, -0.2) is 40.5 Å². The predicted octanol–water partition coefficient (Wildman–Crippen LogP) is 5.77. The monoisotopic (exact) mass is 601 g/mol. The number of anilines is 1. The lowest BCUT2D eigenvalue weighted by molar-refractivity contribution is -0.139. The Morgan fingerprint density at radius 1 is 0.711 bits per heavy atom. The molecule has 3 N–H and O–H groups in total. The molecule has 45 heavy (non-hydrogen) atoms. The van der Waals surface area contributed by atoms with Crippen LogP contribution in [0.2, 0.25) is 0 Å². The van der Waals surface area contributed by atoms with Gasteiger partial charge in [-0.25, -0.2) is 9.78 Å². The van der Waals surface area contributed by atoms with Gasteiger partial charge in [-0.1, -0.05) is 72.8 Å². The van der Waals surface area contributed by atoms with E-state index < -0.39 is 23.8 Å². The van der Waals surface area contributed by atoms with E-state index in [1.807, 2.05) is 66.7 Å². The summed E-state index contributed by atoms with van der Waals surface area (Å²) >= 11 is 0. The van der Waals surface area contributed by atoms with Crippen LogP contribution in [0.3, 0.4) is 0 Å². The molecule has 1 unspecified atom stereocenters. The zero-order chi connectivity index (χ0) is 31.4. The van der Waals surface area contributed by atoms with Crippen molar-refractivity contribution in [3.8, 4) is 22.6 Å². The van der Waals surface area contributed by atoms with Crippen molar-refractivity contribution < 1.29 is 29.0 Å². The number of aromatic nitrogens is 1. The Labute approximate surface area is 260 Å². The van der Waals surface area contributed by atoms with Crippen LogP contribution in [0.1, 0.15) is 21.5 Å². The van der Waals surface area contributed by atoms with Gasteiger partial charge < -0.3 is 25.2 Å². The molecule has 5 aromatic rings. The number of carbonyl (C=O) groups is 3. The molecule has 0 aliphatic carbocycles. The van der Waals surface area contributed by atoms with Crippen molar-refractivity contribution in [2.75, 3.05) is 11.9 Å². The SMILES string of the molecule is O=C(COc1ccc(C(=O)NC(Cc2ccc(OCc3ccccc3)cc2)C(=O)O)cc1)Nc1ncccc1-c1ccccc1. The number of pyridine rings is 1. The van der Waals surface area contributed by atoms with Gasteiger partial charge in [0.05, 0.1) is 0 Å². The summed E-state index contributed by atoms with van der Waals surface area (Å²) in [5.74, 6) is -0.639. The lowest BCUT2D eigenvalue weighted by Crippen LogP contribution is -2.42. The molecule has 0 saturated carbocycles. The fourth-order valence-corrected chi connectivity index (χ4v) is 4.52. The fraction of sp³-hybridized carbons (Fsp3) is 0.111. The van der Waals surface area contributed by atoms with E-state index >= 15 is 0 Å². The zero-order valence-corrected chi connectivity index (χ0v) is 24.3. The first kappa shape index (κ1) is 30.5. The highest BCUT2D eigenvalue weighted by Crippen LogP contribution is 2.25. The Balaban J connectivity index is 1.11. The summed E-state index contributed by atoms with van der Waals surface area (Å²) in [6.07, 6.45) is 1.69. The van der Waals surface area contributed by atoms with Gasteiger partial charge in [-0.3, -0.25) is 9.59 Å². The van der Waals surface area contributed by atoms with E-state index in [0.717, 1.165) is 22.3 Å².